The van der Waals surface area contributed by atoms with Crippen molar-refractivity contribution in [1.82, 2.24) is 9.88 Å². The predicted molar refractivity (Wildman–Crippen MR) is 77.9 cm³/mol. The summed E-state index contributed by atoms with van der Waals surface area (Å²) in [6, 6.07) is 3.22. The van der Waals surface area contributed by atoms with Crippen molar-refractivity contribution in [3.63, 3.8) is 0 Å². The lowest BCUT2D eigenvalue weighted by Crippen LogP contribution is -2.28. The molecule has 0 aliphatic carbocycles. The summed E-state index contributed by atoms with van der Waals surface area (Å²) in [4.78, 5) is 28.4. The average Bonchev–Trinajstić information content (AvgIpc) is 2.99. The van der Waals surface area contributed by atoms with Gasteiger partial charge in [-0.05, 0) is 12.5 Å². The van der Waals surface area contributed by atoms with Crippen LogP contribution in [0.15, 0.2) is 18.3 Å². The van der Waals surface area contributed by atoms with Gasteiger partial charge < -0.3 is 19.5 Å². The summed E-state index contributed by atoms with van der Waals surface area (Å²) in [6.07, 6.45) is 2.79. The molecule has 7 heteroatoms. The highest BCUT2D eigenvalue weighted by atomic mass is 16.5. The minimum atomic E-state index is -0.862. The fraction of sp³-hybridized carbons (Fsp3) is 0.533. The van der Waals surface area contributed by atoms with E-state index in [0.29, 0.717) is 37.6 Å². The van der Waals surface area contributed by atoms with Crippen LogP contribution in [0.2, 0.25) is 0 Å². The number of hydrogen-bond donors (Lipinski definition) is 1. The molecule has 1 aliphatic rings. The Balaban J connectivity index is 1.92. The Hall–Kier alpha value is -2.15. The molecule has 1 fully saturated rings. The zero-order valence-corrected chi connectivity index (χ0v) is 12.5. The van der Waals surface area contributed by atoms with Gasteiger partial charge in [0, 0.05) is 44.3 Å². The lowest BCUT2D eigenvalue weighted by atomic mass is 10.2. The summed E-state index contributed by atoms with van der Waals surface area (Å²) in [5, 5.41) is 8.62. The average molecular weight is 308 g/mol. The van der Waals surface area contributed by atoms with Gasteiger partial charge in [0.1, 0.15) is 6.10 Å². The zero-order valence-electron chi connectivity index (χ0n) is 12.5. The maximum Gasteiger partial charge on any atom is 0.303 e. The maximum atomic E-state index is 12.3. The number of aliphatic carboxylic acids is 1. The second kappa shape index (κ2) is 7.74. The molecule has 1 amide bonds. The molecule has 2 rings (SSSR count). The summed E-state index contributed by atoms with van der Waals surface area (Å²) in [5.74, 6) is -0.639. The van der Waals surface area contributed by atoms with Gasteiger partial charge >= 0.3 is 5.97 Å². The van der Waals surface area contributed by atoms with Crippen LogP contribution in [-0.2, 0) is 9.53 Å². The Morgan fingerprint density at radius 1 is 1.55 bits per heavy atom. The van der Waals surface area contributed by atoms with Gasteiger partial charge in [-0.1, -0.05) is 0 Å². The van der Waals surface area contributed by atoms with Crippen molar-refractivity contribution in [1.29, 1.82) is 0 Å². The van der Waals surface area contributed by atoms with E-state index < -0.39 is 5.97 Å². The van der Waals surface area contributed by atoms with Crippen LogP contribution in [0.5, 0.6) is 5.88 Å². The van der Waals surface area contributed by atoms with Crippen molar-refractivity contribution in [2.45, 2.75) is 25.4 Å². The Bertz CT molecular complexity index is 528. The van der Waals surface area contributed by atoms with Crippen LogP contribution in [0.1, 0.15) is 29.6 Å². The van der Waals surface area contributed by atoms with E-state index in [1.807, 2.05) is 0 Å². The molecule has 1 aromatic rings. The van der Waals surface area contributed by atoms with Crippen molar-refractivity contribution in [3.05, 3.63) is 23.9 Å². The minimum absolute atomic E-state index is 0.0221. The third kappa shape index (κ3) is 4.70. The number of amides is 1. The molecular formula is C15H20N2O5. The summed E-state index contributed by atoms with van der Waals surface area (Å²) in [5.41, 5.74) is 0.474. The number of ether oxygens (including phenoxy) is 2. The Morgan fingerprint density at radius 2 is 2.36 bits per heavy atom. The quantitative estimate of drug-likeness (QED) is 0.814. The molecule has 0 radical (unpaired) electrons. The standard InChI is InChI=1S/C15H20N2O5/c1-17(7-2-3-14(18)19)15(20)11-4-6-16-13(9-11)22-12-5-8-21-10-12/h4,6,9,12H,2-3,5,7-8,10H2,1H3,(H,18,19). The lowest BCUT2D eigenvalue weighted by Gasteiger charge is -2.17. The van der Waals surface area contributed by atoms with E-state index in [-0.39, 0.29) is 18.4 Å². The molecule has 1 aromatic heterocycles. The predicted octanol–water partition coefficient (Wildman–Crippen LogP) is 1.19. The molecule has 0 saturated carbocycles. The second-order valence-electron chi connectivity index (χ2n) is 5.21. The van der Waals surface area contributed by atoms with E-state index in [9.17, 15) is 9.59 Å². The topological polar surface area (TPSA) is 89.0 Å². The monoisotopic (exact) mass is 308 g/mol. The number of carbonyl (C=O) groups is 2. The van der Waals surface area contributed by atoms with E-state index in [1.54, 1.807) is 19.2 Å². The maximum absolute atomic E-state index is 12.3. The van der Waals surface area contributed by atoms with E-state index in [1.165, 1.54) is 11.1 Å². The van der Waals surface area contributed by atoms with Crippen molar-refractivity contribution >= 4 is 11.9 Å². The van der Waals surface area contributed by atoms with Crippen LogP contribution in [0.4, 0.5) is 0 Å². The van der Waals surface area contributed by atoms with Crippen LogP contribution in [0.3, 0.4) is 0 Å². The van der Waals surface area contributed by atoms with Gasteiger partial charge in [-0.2, -0.15) is 0 Å². The number of carbonyl (C=O) groups excluding carboxylic acids is 1. The molecule has 1 saturated heterocycles. The summed E-state index contributed by atoms with van der Waals surface area (Å²) in [7, 11) is 1.65. The van der Waals surface area contributed by atoms with E-state index >= 15 is 0 Å². The van der Waals surface area contributed by atoms with Crippen LogP contribution < -0.4 is 4.74 Å². The second-order valence-corrected chi connectivity index (χ2v) is 5.21. The normalized spacial score (nSPS) is 17.2. The van der Waals surface area contributed by atoms with E-state index in [4.69, 9.17) is 14.6 Å². The molecule has 1 unspecified atom stereocenters. The molecule has 1 atom stereocenters. The van der Waals surface area contributed by atoms with Crippen LogP contribution in [0, 0.1) is 0 Å². The molecule has 0 spiro atoms. The van der Waals surface area contributed by atoms with Gasteiger partial charge in [-0.25, -0.2) is 4.98 Å². The van der Waals surface area contributed by atoms with Crippen LogP contribution in [0.25, 0.3) is 0 Å². The number of aromatic nitrogens is 1. The minimum Gasteiger partial charge on any atom is -0.481 e. The molecule has 7 nitrogen and oxygen atoms in total. The van der Waals surface area contributed by atoms with Crippen molar-refractivity contribution < 1.29 is 24.2 Å². The number of hydrogen-bond acceptors (Lipinski definition) is 5. The number of nitrogens with zero attached hydrogens (tertiary/aromatic N) is 2. The van der Waals surface area contributed by atoms with Gasteiger partial charge in [0.15, 0.2) is 0 Å². The van der Waals surface area contributed by atoms with Crippen molar-refractivity contribution in [2.24, 2.45) is 0 Å². The van der Waals surface area contributed by atoms with Crippen molar-refractivity contribution in [2.75, 3.05) is 26.8 Å². The van der Waals surface area contributed by atoms with E-state index in [2.05, 4.69) is 4.98 Å². The number of pyridine rings is 1. The number of carboxylic acid groups (broad SMARTS) is 1. The first-order valence-corrected chi connectivity index (χ1v) is 7.24. The molecule has 22 heavy (non-hydrogen) atoms. The van der Waals surface area contributed by atoms with Gasteiger partial charge in [0.05, 0.1) is 13.2 Å². The van der Waals surface area contributed by atoms with Gasteiger partial charge in [-0.3, -0.25) is 9.59 Å². The van der Waals surface area contributed by atoms with Crippen molar-refractivity contribution in [3.8, 4) is 5.88 Å². The SMILES string of the molecule is CN(CCCC(=O)O)C(=O)c1ccnc(OC2CCOC2)c1. The summed E-state index contributed by atoms with van der Waals surface area (Å²) < 4.78 is 10.9. The highest BCUT2D eigenvalue weighted by Gasteiger charge is 2.19. The zero-order chi connectivity index (χ0) is 15.9. The summed E-state index contributed by atoms with van der Waals surface area (Å²) in [6.45, 7) is 1.60. The van der Waals surface area contributed by atoms with E-state index in [0.717, 1.165) is 6.42 Å². The molecule has 0 aromatic carbocycles. The lowest BCUT2D eigenvalue weighted by molar-refractivity contribution is -0.137. The first-order chi connectivity index (χ1) is 10.6. The highest BCUT2D eigenvalue weighted by molar-refractivity contribution is 5.94. The smallest absolute Gasteiger partial charge is 0.303 e. The number of rotatable bonds is 7. The molecular weight excluding hydrogens is 288 g/mol. The number of carboxylic acids is 1. The third-order valence-corrected chi connectivity index (χ3v) is 3.39. The largest absolute Gasteiger partial charge is 0.481 e. The van der Waals surface area contributed by atoms with Gasteiger partial charge in [-0.15, -0.1) is 0 Å². The Labute approximate surface area is 128 Å². The first kappa shape index (κ1) is 16.2. The third-order valence-electron chi connectivity index (χ3n) is 3.39. The summed E-state index contributed by atoms with van der Waals surface area (Å²) >= 11 is 0. The fourth-order valence-electron chi connectivity index (χ4n) is 2.17. The highest BCUT2D eigenvalue weighted by Crippen LogP contribution is 2.16. The van der Waals surface area contributed by atoms with Crippen LogP contribution in [-0.4, -0.2) is 59.8 Å². The molecule has 1 aliphatic heterocycles. The molecule has 1 N–H and O–H groups in total. The molecule has 2 heterocycles. The first-order valence-electron chi connectivity index (χ1n) is 7.24. The molecule has 120 valence electrons. The van der Waals surface area contributed by atoms with Gasteiger partial charge in [0.25, 0.3) is 5.91 Å². The van der Waals surface area contributed by atoms with Crippen LogP contribution >= 0.6 is 0 Å². The Kier molecular flexibility index (Phi) is 5.71. The molecule has 0 bridgehead atoms. The Morgan fingerprint density at radius 3 is 3.05 bits per heavy atom. The fourth-order valence-corrected chi connectivity index (χ4v) is 2.17. The van der Waals surface area contributed by atoms with Gasteiger partial charge in [0.2, 0.25) is 5.88 Å².